The van der Waals surface area contributed by atoms with Crippen LogP contribution in [0.3, 0.4) is 0 Å². The maximum absolute atomic E-state index is 4.00. The van der Waals surface area contributed by atoms with Gasteiger partial charge in [-0.3, -0.25) is 0 Å². The Balaban J connectivity index is 1.78. The second-order valence-electron chi connectivity index (χ2n) is 3.95. The Morgan fingerprint density at radius 3 is 3.00 bits per heavy atom. The summed E-state index contributed by atoms with van der Waals surface area (Å²) in [5, 5.41) is 3.51. The Hall–Kier alpha value is -1.13. The van der Waals surface area contributed by atoms with E-state index in [-0.39, 0.29) is 0 Å². The maximum atomic E-state index is 4.00. The Kier molecular flexibility index (Phi) is 3.74. The van der Waals surface area contributed by atoms with Crippen LogP contribution in [0.5, 0.6) is 0 Å². The van der Waals surface area contributed by atoms with Crippen LogP contribution < -0.4 is 5.32 Å². The van der Waals surface area contributed by atoms with E-state index in [4.69, 9.17) is 0 Å². The molecule has 2 rings (SSSR count). The average molecular weight is 235 g/mol. The molecular weight excluding hydrogens is 218 g/mol. The zero-order valence-electron chi connectivity index (χ0n) is 9.66. The van der Waals surface area contributed by atoms with Gasteiger partial charge in [0.15, 0.2) is 0 Å². The molecule has 3 nitrogen and oxygen atoms in total. The summed E-state index contributed by atoms with van der Waals surface area (Å²) in [6.45, 7) is 5.32. The van der Waals surface area contributed by atoms with Gasteiger partial charge in [0.25, 0.3) is 0 Å². The molecule has 0 saturated carbocycles. The largest absolute Gasteiger partial charge is 0.348 e. The smallest absolute Gasteiger partial charge is 0.0921 e. The topological polar surface area (TPSA) is 40.7 Å². The van der Waals surface area contributed by atoms with Crippen molar-refractivity contribution in [1.82, 2.24) is 15.3 Å². The number of thiophene rings is 1. The number of nitrogens with one attached hydrogen (secondary N) is 2. The first kappa shape index (κ1) is 11.4. The van der Waals surface area contributed by atoms with E-state index in [1.807, 2.05) is 17.5 Å². The lowest BCUT2D eigenvalue weighted by Crippen LogP contribution is -2.20. The third kappa shape index (κ3) is 2.93. The second kappa shape index (κ2) is 5.27. The zero-order valence-corrected chi connectivity index (χ0v) is 10.5. The minimum Gasteiger partial charge on any atom is -0.348 e. The number of aromatic nitrogens is 2. The van der Waals surface area contributed by atoms with Crippen LogP contribution >= 0.6 is 11.3 Å². The quantitative estimate of drug-likeness (QED) is 0.836. The van der Waals surface area contributed by atoms with Crippen LogP contribution in [0.15, 0.2) is 24.7 Å². The van der Waals surface area contributed by atoms with Crippen molar-refractivity contribution in [2.45, 2.75) is 26.3 Å². The molecule has 0 amide bonds. The van der Waals surface area contributed by atoms with Crippen molar-refractivity contribution in [3.8, 4) is 0 Å². The summed E-state index contributed by atoms with van der Waals surface area (Å²) in [5.74, 6) is 0. The first-order valence-corrected chi connectivity index (χ1v) is 6.34. The van der Waals surface area contributed by atoms with Crippen LogP contribution in [0.1, 0.15) is 28.4 Å². The van der Waals surface area contributed by atoms with E-state index in [0.717, 1.165) is 13.0 Å². The number of aryl methyl sites for hydroxylation is 1. The first-order valence-electron chi connectivity index (χ1n) is 5.52. The monoisotopic (exact) mass is 235 g/mol. The zero-order chi connectivity index (χ0) is 11.4. The predicted octanol–water partition coefficient (Wildman–Crippen LogP) is 2.67. The number of rotatable bonds is 5. The molecule has 2 N–H and O–H groups in total. The van der Waals surface area contributed by atoms with Crippen LogP contribution in [0.4, 0.5) is 0 Å². The minimum absolute atomic E-state index is 0.432. The lowest BCUT2D eigenvalue weighted by molar-refractivity contribution is 0.582. The highest BCUT2D eigenvalue weighted by molar-refractivity contribution is 7.12. The molecule has 86 valence electrons. The number of H-pyrrole nitrogens is 1. The molecule has 0 aliphatic carbocycles. The van der Waals surface area contributed by atoms with Crippen LogP contribution in [0.25, 0.3) is 0 Å². The highest BCUT2D eigenvalue weighted by Crippen LogP contribution is 2.21. The third-order valence-electron chi connectivity index (χ3n) is 2.59. The molecule has 0 aliphatic rings. The van der Waals surface area contributed by atoms with E-state index in [1.165, 1.54) is 15.4 Å². The Bertz CT molecular complexity index is 419. The van der Waals surface area contributed by atoms with E-state index < -0.39 is 0 Å². The highest BCUT2D eigenvalue weighted by atomic mass is 32.1. The van der Waals surface area contributed by atoms with Crippen molar-refractivity contribution in [1.29, 1.82) is 0 Å². The van der Waals surface area contributed by atoms with Gasteiger partial charge in [-0.25, -0.2) is 4.98 Å². The number of aromatic amines is 1. The van der Waals surface area contributed by atoms with Crippen LogP contribution in [-0.2, 0) is 6.42 Å². The number of hydrogen-bond acceptors (Lipinski definition) is 3. The van der Waals surface area contributed by atoms with E-state index >= 15 is 0 Å². The van der Waals surface area contributed by atoms with E-state index in [1.54, 1.807) is 6.33 Å². The lowest BCUT2D eigenvalue weighted by atomic mass is 10.2. The van der Waals surface area contributed by atoms with Gasteiger partial charge in [0.2, 0.25) is 0 Å². The molecule has 16 heavy (non-hydrogen) atoms. The highest BCUT2D eigenvalue weighted by Gasteiger charge is 2.06. The molecule has 1 unspecified atom stereocenters. The number of imidazole rings is 1. The van der Waals surface area contributed by atoms with Gasteiger partial charge in [0, 0.05) is 40.7 Å². The summed E-state index contributed by atoms with van der Waals surface area (Å²) in [5.41, 5.74) is 1.18. The molecule has 0 saturated heterocycles. The molecule has 0 fully saturated rings. The first-order chi connectivity index (χ1) is 7.75. The van der Waals surface area contributed by atoms with Gasteiger partial charge in [-0.05, 0) is 26.0 Å². The van der Waals surface area contributed by atoms with Gasteiger partial charge in [-0.1, -0.05) is 0 Å². The molecular formula is C12H17N3S. The summed E-state index contributed by atoms with van der Waals surface area (Å²) in [4.78, 5) is 9.88. The van der Waals surface area contributed by atoms with Gasteiger partial charge in [-0.2, -0.15) is 0 Å². The molecule has 2 aromatic rings. The molecule has 4 heteroatoms. The summed E-state index contributed by atoms with van der Waals surface area (Å²) in [7, 11) is 0. The summed E-state index contributed by atoms with van der Waals surface area (Å²) < 4.78 is 0. The Labute approximate surface area is 99.9 Å². The maximum Gasteiger partial charge on any atom is 0.0921 e. The van der Waals surface area contributed by atoms with Crippen LogP contribution in [-0.4, -0.2) is 16.5 Å². The summed E-state index contributed by atoms with van der Waals surface area (Å²) >= 11 is 1.86. The van der Waals surface area contributed by atoms with Crippen molar-refractivity contribution in [3.05, 3.63) is 40.1 Å². The van der Waals surface area contributed by atoms with Crippen molar-refractivity contribution in [3.63, 3.8) is 0 Å². The van der Waals surface area contributed by atoms with Crippen molar-refractivity contribution in [2.75, 3.05) is 6.54 Å². The molecule has 1 atom stereocenters. The van der Waals surface area contributed by atoms with Gasteiger partial charge in [0.05, 0.1) is 6.33 Å². The van der Waals surface area contributed by atoms with Gasteiger partial charge >= 0.3 is 0 Å². The van der Waals surface area contributed by atoms with Crippen LogP contribution in [0, 0.1) is 6.92 Å². The molecule has 2 aromatic heterocycles. The SMILES string of the molecule is Cc1ccc(C(C)NCCc2cnc[nH]2)s1. The number of nitrogens with zero attached hydrogens (tertiary/aromatic N) is 1. The fourth-order valence-corrected chi connectivity index (χ4v) is 2.54. The summed E-state index contributed by atoms with van der Waals surface area (Å²) in [6.07, 6.45) is 4.59. The Morgan fingerprint density at radius 1 is 1.50 bits per heavy atom. The van der Waals surface area contributed by atoms with Crippen LogP contribution in [0.2, 0.25) is 0 Å². The molecule has 0 radical (unpaired) electrons. The van der Waals surface area contributed by atoms with Gasteiger partial charge in [-0.15, -0.1) is 11.3 Å². The molecule has 0 aromatic carbocycles. The second-order valence-corrected chi connectivity index (χ2v) is 5.27. The van der Waals surface area contributed by atoms with E-state index in [0.29, 0.717) is 6.04 Å². The third-order valence-corrected chi connectivity index (χ3v) is 3.77. The normalized spacial score (nSPS) is 12.9. The van der Waals surface area contributed by atoms with E-state index in [2.05, 4.69) is 41.3 Å². The molecule has 0 aliphatic heterocycles. The molecule has 2 heterocycles. The predicted molar refractivity (Wildman–Crippen MR) is 67.8 cm³/mol. The minimum atomic E-state index is 0.432. The molecule has 0 bridgehead atoms. The fourth-order valence-electron chi connectivity index (χ4n) is 1.63. The van der Waals surface area contributed by atoms with Crippen molar-refractivity contribution in [2.24, 2.45) is 0 Å². The molecule has 0 spiro atoms. The van der Waals surface area contributed by atoms with Gasteiger partial charge in [0.1, 0.15) is 0 Å². The summed E-state index contributed by atoms with van der Waals surface area (Å²) in [6, 6.07) is 4.81. The Morgan fingerprint density at radius 2 is 2.38 bits per heavy atom. The van der Waals surface area contributed by atoms with Gasteiger partial charge < -0.3 is 10.3 Å². The van der Waals surface area contributed by atoms with Crippen molar-refractivity contribution < 1.29 is 0 Å². The number of hydrogen-bond donors (Lipinski definition) is 2. The van der Waals surface area contributed by atoms with Crippen molar-refractivity contribution >= 4 is 11.3 Å². The lowest BCUT2D eigenvalue weighted by Gasteiger charge is -2.11. The standard InChI is InChI=1S/C12H17N3S/c1-9-3-4-12(16-9)10(2)14-6-5-11-7-13-8-15-11/h3-4,7-8,10,14H,5-6H2,1-2H3,(H,13,15). The average Bonchev–Trinajstić information content (AvgIpc) is 2.89. The fraction of sp³-hybridized carbons (Fsp3) is 0.417. The van der Waals surface area contributed by atoms with E-state index in [9.17, 15) is 0 Å².